The van der Waals surface area contributed by atoms with Crippen LogP contribution in [0, 0.1) is 10.1 Å². The van der Waals surface area contributed by atoms with Crippen LogP contribution >= 0.6 is 0 Å². The van der Waals surface area contributed by atoms with Gasteiger partial charge in [0.1, 0.15) is 0 Å². The Morgan fingerprint density at radius 2 is 1.92 bits per heavy atom. The summed E-state index contributed by atoms with van der Waals surface area (Å²) in [7, 11) is 3.64. The number of rotatable bonds is 4. The molecule has 7 nitrogen and oxygen atoms in total. The van der Waals surface area contributed by atoms with E-state index in [1.165, 1.54) is 6.07 Å². The van der Waals surface area contributed by atoms with Crippen molar-refractivity contribution in [2.75, 3.05) is 24.3 Å². The fraction of sp³-hybridized carbons (Fsp3) is 0.333. The maximum Gasteiger partial charge on any atom is 0.273 e. The molecule has 2 aromatic rings. The summed E-state index contributed by atoms with van der Waals surface area (Å²) in [5.41, 5.74) is 0.913. The van der Waals surface area contributed by atoms with E-state index in [1.54, 1.807) is 35.4 Å². The zero-order chi connectivity index (χ0) is 18.8. The molecule has 0 saturated heterocycles. The Bertz CT molecular complexity index is 810. The number of aromatic nitrogens is 1. The Morgan fingerprint density at radius 3 is 2.48 bits per heavy atom. The average Bonchev–Trinajstić information content (AvgIpc) is 2.53. The number of carbonyl (C=O) groups excluding carboxylic acids is 1. The summed E-state index contributed by atoms with van der Waals surface area (Å²) in [5, 5.41) is 14.2. The third-order valence-electron chi connectivity index (χ3n) is 3.72. The summed E-state index contributed by atoms with van der Waals surface area (Å²) >= 11 is 0. The van der Waals surface area contributed by atoms with Crippen molar-refractivity contribution in [3.63, 3.8) is 0 Å². The molecule has 0 spiro atoms. The second kappa shape index (κ2) is 6.88. The van der Waals surface area contributed by atoms with Crippen molar-refractivity contribution in [3.05, 3.63) is 57.8 Å². The van der Waals surface area contributed by atoms with E-state index >= 15 is 0 Å². The predicted octanol–water partition coefficient (Wildman–Crippen LogP) is 3.61. The molecule has 0 fully saturated rings. The summed E-state index contributed by atoms with van der Waals surface area (Å²) in [6, 6.07) is 8.02. The molecule has 0 bridgehead atoms. The molecular weight excluding hydrogens is 320 g/mol. The third kappa shape index (κ3) is 4.12. The van der Waals surface area contributed by atoms with Gasteiger partial charge in [0.15, 0.2) is 5.82 Å². The monoisotopic (exact) mass is 342 g/mol. The van der Waals surface area contributed by atoms with Gasteiger partial charge in [-0.1, -0.05) is 26.8 Å². The highest BCUT2D eigenvalue weighted by Gasteiger charge is 2.26. The number of nitro benzene ring substituents is 1. The fourth-order valence-electron chi connectivity index (χ4n) is 2.50. The summed E-state index contributed by atoms with van der Waals surface area (Å²) in [6.07, 6.45) is 1.63. The van der Waals surface area contributed by atoms with E-state index in [2.05, 4.69) is 10.3 Å². The van der Waals surface area contributed by atoms with Crippen LogP contribution < -0.4 is 10.2 Å². The smallest absolute Gasteiger partial charge is 0.273 e. The van der Waals surface area contributed by atoms with Gasteiger partial charge >= 0.3 is 0 Å². The number of nitrogens with zero attached hydrogens (tertiary/aromatic N) is 3. The Balaban J connectivity index is 2.38. The minimum atomic E-state index is -0.452. The zero-order valence-electron chi connectivity index (χ0n) is 15.0. The highest BCUT2D eigenvalue weighted by molar-refractivity contribution is 6.06. The van der Waals surface area contributed by atoms with Crippen molar-refractivity contribution in [2.24, 2.45) is 0 Å². The molecule has 0 saturated carbocycles. The van der Waals surface area contributed by atoms with Crippen LogP contribution in [0.4, 0.5) is 17.2 Å². The second-order valence-electron chi connectivity index (χ2n) is 6.96. The lowest BCUT2D eigenvalue weighted by molar-refractivity contribution is -0.386. The van der Waals surface area contributed by atoms with Crippen LogP contribution in [-0.2, 0) is 5.41 Å². The van der Waals surface area contributed by atoms with Crippen LogP contribution in [0.2, 0.25) is 0 Å². The lowest BCUT2D eigenvalue weighted by Gasteiger charge is -2.19. The maximum atomic E-state index is 12.5. The molecule has 1 N–H and O–H groups in total. The number of anilines is 2. The van der Waals surface area contributed by atoms with Gasteiger partial charge in [0.25, 0.3) is 11.6 Å². The number of pyridine rings is 1. The molecule has 0 aliphatic rings. The first-order valence-electron chi connectivity index (χ1n) is 7.84. The molecule has 2 rings (SSSR count). The molecule has 0 aliphatic carbocycles. The van der Waals surface area contributed by atoms with E-state index in [9.17, 15) is 14.9 Å². The number of hydrogen-bond donors (Lipinski definition) is 1. The van der Waals surface area contributed by atoms with E-state index in [4.69, 9.17) is 0 Å². The van der Waals surface area contributed by atoms with Crippen LogP contribution in [0.1, 0.15) is 36.7 Å². The van der Waals surface area contributed by atoms with Crippen LogP contribution in [0.25, 0.3) is 0 Å². The van der Waals surface area contributed by atoms with Crippen molar-refractivity contribution >= 4 is 23.1 Å². The normalized spacial score (nSPS) is 11.1. The SMILES string of the molecule is CN(C)c1ncccc1NC(=O)c1ccc(C(C)(C)C)c([N+](=O)[O-])c1. The van der Waals surface area contributed by atoms with Crippen molar-refractivity contribution in [2.45, 2.75) is 26.2 Å². The van der Waals surface area contributed by atoms with E-state index < -0.39 is 16.2 Å². The molecular formula is C18H22N4O3. The largest absolute Gasteiger partial charge is 0.361 e. The number of amides is 1. The van der Waals surface area contributed by atoms with Crippen molar-refractivity contribution in [1.82, 2.24) is 4.98 Å². The summed E-state index contributed by atoms with van der Waals surface area (Å²) < 4.78 is 0. The summed E-state index contributed by atoms with van der Waals surface area (Å²) in [4.78, 5) is 29.5. The third-order valence-corrected chi connectivity index (χ3v) is 3.72. The van der Waals surface area contributed by atoms with E-state index in [0.29, 0.717) is 17.1 Å². The van der Waals surface area contributed by atoms with E-state index in [0.717, 1.165) is 0 Å². The maximum absolute atomic E-state index is 12.5. The Kier molecular flexibility index (Phi) is 5.06. The van der Waals surface area contributed by atoms with E-state index in [1.807, 2.05) is 34.9 Å². The molecule has 0 aliphatic heterocycles. The summed E-state index contributed by atoms with van der Waals surface area (Å²) in [5.74, 6) is 0.191. The molecule has 132 valence electrons. The van der Waals surface area contributed by atoms with Gasteiger partial charge in [-0.15, -0.1) is 0 Å². The Labute approximate surface area is 146 Å². The molecule has 0 radical (unpaired) electrons. The van der Waals surface area contributed by atoms with Gasteiger partial charge in [-0.25, -0.2) is 4.98 Å². The van der Waals surface area contributed by atoms with Gasteiger partial charge in [0, 0.05) is 37.5 Å². The summed E-state index contributed by atoms with van der Waals surface area (Å²) in [6.45, 7) is 5.69. The Morgan fingerprint density at radius 1 is 1.24 bits per heavy atom. The lowest BCUT2D eigenvalue weighted by Crippen LogP contribution is -2.19. The fourth-order valence-corrected chi connectivity index (χ4v) is 2.50. The zero-order valence-corrected chi connectivity index (χ0v) is 15.0. The van der Waals surface area contributed by atoms with Gasteiger partial charge in [0.2, 0.25) is 0 Å². The minimum absolute atomic E-state index is 0.0563. The standard InChI is InChI=1S/C18H22N4O3/c1-18(2,3)13-9-8-12(11-15(13)22(24)25)17(23)20-14-7-6-10-19-16(14)21(4)5/h6-11H,1-5H3,(H,20,23). The molecule has 1 aromatic carbocycles. The predicted molar refractivity (Wildman–Crippen MR) is 98.3 cm³/mol. The highest BCUT2D eigenvalue weighted by Crippen LogP contribution is 2.32. The van der Waals surface area contributed by atoms with Gasteiger partial charge in [-0.3, -0.25) is 14.9 Å². The second-order valence-corrected chi connectivity index (χ2v) is 6.96. The molecule has 25 heavy (non-hydrogen) atoms. The molecule has 7 heteroatoms. The van der Waals surface area contributed by atoms with Crippen LogP contribution in [0.3, 0.4) is 0 Å². The highest BCUT2D eigenvalue weighted by atomic mass is 16.6. The topological polar surface area (TPSA) is 88.4 Å². The van der Waals surface area contributed by atoms with Crippen LogP contribution in [-0.4, -0.2) is 29.9 Å². The van der Waals surface area contributed by atoms with Gasteiger partial charge < -0.3 is 10.2 Å². The first-order valence-corrected chi connectivity index (χ1v) is 7.84. The molecule has 0 unspecified atom stereocenters. The number of benzene rings is 1. The van der Waals surface area contributed by atoms with Crippen molar-refractivity contribution in [3.8, 4) is 0 Å². The molecule has 1 aromatic heterocycles. The Hall–Kier alpha value is -2.96. The number of nitro groups is 1. The van der Waals surface area contributed by atoms with Gasteiger partial charge in [-0.05, 0) is 23.6 Å². The van der Waals surface area contributed by atoms with Crippen LogP contribution in [0.15, 0.2) is 36.5 Å². The quantitative estimate of drug-likeness (QED) is 0.677. The van der Waals surface area contributed by atoms with Gasteiger partial charge in [-0.2, -0.15) is 0 Å². The molecule has 1 heterocycles. The number of nitrogens with one attached hydrogen (secondary N) is 1. The lowest BCUT2D eigenvalue weighted by atomic mass is 9.85. The van der Waals surface area contributed by atoms with Crippen LogP contribution in [0.5, 0.6) is 0 Å². The minimum Gasteiger partial charge on any atom is -0.361 e. The van der Waals surface area contributed by atoms with Crippen molar-refractivity contribution in [1.29, 1.82) is 0 Å². The first-order chi connectivity index (χ1) is 11.6. The molecule has 0 atom stereocenters. The number of carbonyl (C=O) groups is 1. The van der Waals surface area contributed by atoms with Gasteiger partial charge in [0.05, 0.1) is 10.6 Å². The first kappa shape index (κ1) is 18.4. The van der Waals surface area contributed by atoms with Crippen molar-refractivity contribution < 1.29 is 9.72 Å². The number of hydrogen-bond acceptors (Lipinski definition) is 5. The van der Waals surface area contributed by atoms with E-state index in [-0.39, 0.29) is 11.3 Å². The molecule has 1 amide bonds. The average molecular weight is 342 g/mol.